The number of carbonyl (C=O) groups excluding carboxylic acids is 1. The minimum atomic E-state index is -1.80. The molecule has 1 atom stereocenters. The highest BCUT2D eigenvalue weighted by molar-refractivity contribution is 6.43. The first-order chi connectivity index (χ1) is 16.3. The SMILES string of the molecule is Cc1cc(Cc2ccccc2)c([N+](=O)[O-])c(=O)n1CC(=O)NC(CCCc1cnc[nH]1)B(O)O. The van der Waals surface area contributed by atoms with Gasteiger partial charge in [0.1, 0.15) is 6.54 Å². The summed E-state index contributed by atoms with van der Waals surface area (Å²) in [5.41, 5.74) is 0.874. The minimum absolute atomic E-state index is 0.204. The Morgan fingerprint density at radius 3 is 2.68 bits per heavy atom. The summed E-state index contributed by atoms with van der Waals surface area (Å²) in [7, 11) is -1.80. The van der Waals surface area contributed by atoms with Crippen LogP contribution in [0.5, 0.6) is 0 Å². The maximum Gasteiger partial charge on any atom is 0.475 e. The van der Waals surface area contributed by atoms with Crippen LogP contribution in [0, 0.1) is 17.0 Å². The Bertz CT molecular complexity index is 1180. The second-order valence-electron chi connectivity index (χ2n) is 8.03. The molecule has 34 heavy (non-hydrogen) atoms. The summed E-state index contributed by atoms with van der Waals surface area (Å²) in [4.78, 5) is 43.3. The van der Waals surface area contributed by atoms with Gasteiger partial charge in [0.05, 0.1) is 17.2 Å². The van der Waals surface area contributed by atoms with Gasteiger partial charge in [-0.05, 0) is 37.8 Å². The van der Waals surface area contributed by atoms with E-state index in [-0.39, 0.29) is 18.4 Å². The number of nitrogens with one attached hydrogen (secondary N) is 2. The van der Waals surface area contributed by atoms with Gasteiger partial charge in [0.2, 0.25) is 5.91 Å². The van der Waals surface area contributed by atoms with Crippen molar-refractivity contribution >= 4 is 18.7 Å². The summed E-state index contributed by atoms with van der Waals surface area (Å²) >= 11 is 0. The van der Waals surface area contributed by atoms with Crippen molar-refractivity contribution in [3.8, 4) is 0 Å². The summed E-state index contributed by atoms with van der Waals surface area (Å²) in [6, 6.07) is 10.6. The van der Waals surface area contributed by atoms with E-state index in [1.165, 1.54) is 6.07 Å². The van der Waals surface area contributed by atoms with Gasteiger partial charge in [-0.15, -0.1) is 0 Å². The minimum Gasteiger partial charge on any atom is -0.426 e. The summed E-state index contributed by atoms with van der Waals surface area (Å²) in [6.45, 7) is 1.11. The van der Waals surface area contributed by atoms with E-state index in [1.807, 2.05) is 18.2 Å². The Balaban J connectivity index is 1.74. The first-order valence-corrected chi connectivity index (χ1v) is 10.8. The van der Waals surface area contributed by atoms with Crippen LogP contribution >= 0.6 is 0 Å². The van der Waals surface area contributed by atoms with Gasteiger partial charge >= 0.3 is 18.4 Å². The van der Waals surface area contributed by atoms with Gasteiger partial charge in [-0.25, -0.2) is 4.98 Å². The van der Waals surface area contributed by atoms with E-state index in [1.54, 1.807) is 31.6 Å². The molecule has 3 rings (SSSR count). The van der Waals surface area contributed by atoms with E-state index in [9.17, 15) is 29.8 Å². The Labute approximate surface area is 195 Å². The fourth-order valence-corrected chi connectivity index (χ4v) is 3.79. The smallest absolute Gasteiger partial charge is 0.426 e. The molecule has 12 heteroatoms. The Kier molecular flexibility index (Phi) is 8.33. The van der Waals surface area contributed by atoms with Gasteiger partial charge in [0.15, 0.2) is 0 Å². The van der Waals surface area contributed by atoms with Crippen molar-refractivity contribution < 1.29 is 19.8 Å². The van der Waals surface area contributed by atoms with E-state index in [4.69, 9.17) is 0 Å². The number of H-pyrrole nitrogens is 1. The van der Waals surface area contributed by atoms with Crippen LogP contribution in [-0.4, -0.2) is 48.5 Å². The number of amides is 1. The number of nitro groups is 1. The molecule has 0 saturated carbocycles. The van der Waals surface area contributed by atoms with Gasteiger partial charge in [-0.3, -0.25) is 24.3 Å². The van der Waals surface area contributed by atoms with Crippen LogP contribution in [-0.2, 0) is 24.2 Å². The molecule has 1 amide bonds. The normalized spacial score (nSPS) is 11.7. The molecular formula is C22H26BN5O6. The number of aromatic amines is 1. The molecule has 178 valence electrons. The van der Waals surface area contributed by atoms with E-state index in [0.717, 1.165) is 15.8 Å². The maximum absolute atomic E-state index is 12.9. The molecule has 0 aliphatic heterocycles. The van der Waals surface area contributed by atoms with Crippen molar-refractivity contribution in [2.24, 2.45) is 0 Å². The summed E-state index contributed by atoms with van der Waals surface area (Å²) < 4.78 is 1.02. The van der Waals surface area contributed by atoms with Gasteiger partial charge in [0.25, 0.3) is 0 Å². The van der Waals surface area contributed by atoms with E-state index in [2.05, 4.69) is 15.3 Å². The Morgan fingerprint density at radius 2 is 2.06 bits per heavy atom. The first kappa shape index (κ1) is 24.9. The highest BCUT2D eigenvalue weighted by Crippen LogP contribution is 2.19. The topological polar surface area (TPSA) is 163 Å². The molecule has 1 unspecified atom stereocenters. The highest BCUT2D eigenvalue weighted by Gasteiger charge is 2.27. The quantitative estimate of drug-likeness (QED) is 0.185. The maximum atomic E-state index is 12.9. The summed E-state index contributed by atoms with van der Waals surface area (Å²) in [5, 5.41) is 33.5. The summed E-state index contributed by atoms with van der Waals surface area (Å²) in [6.07, 6.45) is 4.82. The molecule has 0 radical (unpaired) electrons. The molecule has 3 aromatic rings. The van der Waals surface area contributed by atoms with Crippen LogP contribution in [0.25, 0.3) is 0 Å². The number of pyridine rings is 1. The Morgan fingerprint density at radius 1 is 1.32 bits per heavy atom. The second-order valence-corrected chi connectivity index (χ2v) is 8.03. The molecule has 0 aliphatic rings. The van der Waals surface area contributed by atoms with Gasteiger partial charge in [0, 0.05) is 29.6 Å². The lowest BCUT2D eigenvalue weighted by atomic mass is 9.76. The zero-order valence-corrected chi connectivity index (χ0v) is 18.7. The number of hydrogen-bond donors (Lipinski definition) is 4. The van der Waals surface area contributed by atoms with Crippen molar-refractivity contribution in [3.63, 3.8) is 0 Å². The third-order valence-electron chi connectivity index (χ3n) is 5.50. The van der Waals surface area contributed by atoms with Gasteiger partial charge in [-0.2, -0.15) is 0 Å². The van der Waals surface area contributed by atoms with Crippen LogP contribution in [0.15, 0.2) is 53.7 Å². The number of rotatable bonds is 11. The van der Waals surface area contributed by atoms with Crippen molar-refractivity contribution in [2.75, 3.05) is 0 Å². The van der Waals surface area contributed by atoms with E-state index >= 15 is 0 Å². The number of nitrogens with zero attached hydrogens (tertiary/aromatic N) is 3. The zero-order chi connectivity index (χ0) is 24.7. The average Bonchev–Trinajstić information content (AvgIpc) is 3.30. The number of benzene rings is 1. The molecule has 0 saturated heterocycles. The van der Waals surface area contributed by atoms with E-state index < -0.39 is 41.7 Å². The number of aromatic nitrogens is 3. The third kappa shape index (κ3) is 6.39. The lowest BCUT2D eigenvalue weighted by Gasteiger charge is -2.19. The van der Waals surface area contributed by atoms with Crippen LogP contribution in [0.3, 0.4) is 0 Å². The molecule has 0 fully saturated rings. The number of imidazole rings is 1. The number of aryl methyl sites for hydroxylation is 2. The van der Waals surface area contributed by atoms with Crippen molar-refractivity contribution in [1.82, 2.24) is 19.9 Å². The molecule has 1 aromatic carbocycles. The summed E-state index contributed by atoms with van der Waals surface area (Å²) in [5.74, 6) is -1.62. The molecule has 0 aliphatic carbocycles. The standard InChI is InChI=1S/C22H26BN5O6/c1-15-10-17(11-16-6-3-2-4-7-16)21(28(33)34)22(30)27(15)13-20(29)26-19(23(31)32)9-5-8-18-12-24-14-25-18/h2-4,6-7,10,12,14,19,31-32H,5,8-9,11,13H2,1H3,(H,24,25)(H,26,29). The monoisotopic (exact) mass is 467 g/mol. The van der Waals surface area contributed by atoms with Crippen molar-refractivity contribution in [3.05, 3.63) is 91.9 Å². The van der Waals surface area contributed by atoms with Crippen molar-refractivity contribution in [2.45, 2.75) is 45.1 Å². The van der Waals surface area contributed by atoms with Crippen LogP contribution in [0.4, 0.5) is 5.69 Å². The molecule has 4 N–H and O–H groups in total. The van der Waals surface area contributed by atoms with Crippen LogP contribution < -0.4 is 10.9 Å². The fourth-order valence-electron chi connectivity index (χ4n) is 3.79. The molecule has 0 bridgehead atoms. The molecule has 11 nitrogen and oxygen atoms in total. The Hall–Kier alpha value is -3.77. The third-order valence-corrected chi connectivity index (χ3v) is 5.50. The molecular weight excluding hydrogens is 441 g/mol. The second kappa shape index (κ2) is 11.4. The van der Waals surface area contributed by atoms with Crippen LogP contribution in [0.2, 0.25) is 0 Å². The van der Waals surface area contributed by atoms with E-state index in [0.29, 0.717) is 18.5 Å². The number of carbonyl (C=O) groups is 1. The average molecular weight is 467 g/mol. The van der Waals surface area contributed by atoms with Crippen molar-refractivity contribution in [1.29, 1.82) is 0 Å². The largest absolute Gasteiger partial charge is 0.475 e. The lowest BCUT2D eigenvalue weighted by molar-refractivity contribution is -0.387. The molecule has 2 aromatic heterocycles. The predicted molar refractivity (Wildman–Crippen MR) is 125 cm³/mol. The highest BCUT2D eigenvalue weighted by atomic mass is 16.6. The molecule has 2 heterocycles. The van der Waals surface area contributed by atoms with Gasteiger partial charge in [-0.1, -0.05) is 30.3 Å². The molecule has 0 spiro atoms. The number of hydrogen-bond acceptors (Lipinski definition) is 7. The van der Waals surface area contributed by atoms with Crippen LogP contribution in [0.1, 0.15) is 35.4 Å². The predicted octanol–water partition coefficient (Wildman–Crippen LogP) is 0.899. The lowest BCUT2D eigenvalue weighted by Crippen LogP contribution is -2.48. The van der Waals surface area contributed by atoms with Gasteiger partial charge < -0.3 is 20.3 Å². The fraction of sp³-hybridized carbons (Fsp3) is 0.318. The zero-order valence-electron chi connectivity index (χ0n) is 18.7. The first-order valence-electron chi connectivity index (χ1n) is 10.8.